The van der Waals surface area contributed by atoms with Gasteiger partial charge in [-0.15, -0.1) is 0 Å². The summed E-state index contributed by atoms with van der Waals surface area (Å²) in [6.45, 7) is 5.41. The molecule has 1 rings (SSSR count). The van der Waals surface area contributed by atoms with Gasteiger partial charge in [-0.05, 0) is 49.6 Å². The van der Waals surface area contributed by atoms with E-state index in [-0.39, 0.29) is 12.6 Å². The molecule has 2 nitrogen and oxygen atoms in total. The van der Waals surface area contributed by atoms with E-state index < -0.39 is 12.8 Å². The van der Waals surface area contributed by atoms with Crippen LogP contribution in [0.3, 0.4) is 0 Å². The quantitative estimate of drug-likeness (QED) is 0.742. The van der Waals surface area contributed by atoms with Crippen LogP contribution in [-0.2, 0) is 4.74 Å². The molecule has 0 heterocycles. The summed E-state index contributed by atoms with van der Waals surface area (Å²) in [7, 11) is 0. The highest BCUT2D eigenvalue weighted by Gasteiger charge is 2.27. The highest BCUT2D eigenvalue weighted by molar-refractivity contribution is 6.31. The Labute approximate surface area is 128 Å². The predicted octanol–water partition coefficient (Wildman–Crippen LogP) is 4.58. The second-order valence-electron chi connectivity index (χ2n) is 5.02. The molecule has 0 bridgehead atoms. The van der Waals surface area contributed by atoms with Crippen molar-refractivity contribution in [3.8, 4) is 0 Å². The van der Waals surface area contributed by atoms with Gasteiger partial charge < -0.3 is 10.1 Å². The molecule has 1 N–H and O–H groups in total. The van der Waals surface area contributed by atoms with Gasteiger partial charge in [0.25, 0.3) is 0 Å². The van der Waals surface area contributed by atoms with Gasteiger partial charge in [0.05, 0.1) is 0 Å². The molecule has 0 aromatic heterocycles. The number of aryl methyl sites for hydroxylation is 2. The lowest BCUT2D eigenvalue weighted by Crippen LogP contribution is -2.24. The summed E-state index contributed by atoms with van der Waals surface area (Å²) in [5, 5.41) is 3.86. The van der Waals surface area contributed by atoms with E-state index in [1.165, 1.54) is 0 Å². The van der Waals surface area contributed by atoms with Crippen molar-refractivity contribution < 1.29 is 17.9 Å². The van der Waals surface area contributed by atoms with Crippen LogP contribution in [0.5, 0.6) is 0 Å². The molecule has 0 aliphatic heterocycles. The molecule has 1 unspecified atom stereocenters. The molecule has 0 amide bonds. The molecule has 0 saturated heterocycles. The fraction of sp³-hybridized carbons (Fsp3) is 0.600. The Balaban J connectivity index is 2.71. The summed E-state index contributed by atoms with van der Waals surface area (Å²) in [5.41, 5.74) is 3.10. The third-order valence-electron chi connectivity index (χ3n) is 3.26. The van der Waals surface area contributed by atoms with Gasteiger partial charge in [0.1, 0.15) is 6.61 Å². The summed E-state index contributed by atoms with van der Waals surface area (Å²) in [6.07, 6.45) is -3.85. The number of hydrogen-bond donors (Lipinski definition) is 1. The monoisotopic (exact) mass is 323 g/mol. The fourth-order valence-electron chi connectivity index (χ4n) is 2.07. The molecule has 0 saturated carbocycles. The number of alkyl halides is 3. The van der Waals surface area contributed by atoms with Gasteiger partial charge in [-0.2, -0.15) is 13.2 Å². The highest BCUT2D eigenvalue weighted by atomic mass is 35.5. The Bertz CT molecular complexity index is 463. The number of ether oxygens (including phenoxy) is 1. The zero-order chi connectivity index (χ0) is 16.0. The third kappa shape index (κ3) is 6.24. The predicted molar refractivity (Wildman–Crippen MR) is 78.8 cm³/mol. The summed E-state index contributed by atoms with van der Waals surface area (Å²) < 4.78 is 40.8. The van der Waals surface area contributed by atoms with Crippen LogP contribution >= 0.6 is 11.6 Å². The lowest BCUT2D eigenvalue weighted by Gasteiger charge is -2.21. The molecule has 0 fully saturated rings. The third-order valence-corrected chi connectivity index (χ3v) is 3.58. The van der Waals surface area contributed by atoms with E-state index in [1.54, 1.807) is 0 Å². The maximum Gasteiger partial charge on any atom is 0.411 e. The van der Waals surface area contributed by atoms with Crippen molar-refractivity contribution in [1.82, 2.24) is 5.32 Å². The minimum Gasteiger partial charge on any atom is -0.372 e. The molecule has 120 valence electrons. The maximum absolute atomic E-state index is 12.1. The van der Waals surface area contributed by atoms with Crippen LogP contribution in [-0.4, -0.2) is 25.9 Å². The Kier molecular flexibility index (Phi) is 6.97. The van der Waals surface area contributed by atoms with E-state index >= 15 is 0 Å². The standard InChI is InChI=1S/C15H21ClF3NO/c1-4-20-14(5-6-21-9-15(17,18)19)12-7-10(2)11(3)8-13(12)16/h7-8,14,20H,4-6,9H2,1-3H3. The van der Waals surface area contributed by atoms with Gasteiger partial charge in [-0.3, -0.25) is 0 Å². The van der Waals surface area contributed by atoms with Crippen molar-refractivity contribution in [2.24, 2.45) is 0 Å². The van der Waals surface area contributed by atoms with Crippen molar-refractivity contribution >= 4 is 11.6 Å². The number of benzene rings is 1. The van der Waals surface area contributed by atoms with Crippen LogP contribution in [0.1, 0.15) is 36.1 Å². The Morgan fingerprint density at radius 1 is 1.24 bits per heavy atom. The van der Waals surface area contributed by atoms with Crippen molar-refractivity contribution in [3.63, 3.8) is 0 Å². The lowest BCUT2D eigenvalue weighted by atomic mass is 9.99. The van der Waals surface area contributed by atoms with Crippen LogP contribution in [0.25, 0.3) is 0 Å². The van der Waals surface area contributed by atoms with Gasteiger partial charge in [0, 0.05) is 17.7 Å². The SMILES string of the molecule is CCNC(CCOCC(F)(F)F)c1cc(C)c(C)cc1Cl. The Hall–Kier alpha value is -0.780. The van der Waals surface area contributed by atoms with Crippen molar-refractivity contribution in [2.45, 2.75) is 39.4 Å². The van der Waals surface area contributed by atoms with Crippen molar-refractivity contribution in [2.75, 3.05) is 19.8 Å². The van der Waals surface area contributed by atoms with Gasteiger partial charge in [0.15, 0.2) is 0 Å². The van der Waals surface area contributed by atoms with Crippen LogP contribution in [0, 0.1) is 13.8 Å². The average Bonchev–Trinajstić information content (AvgIpc) is 2.36. The molecule has 0 spiro atoms. The number of nitrogens with one attached hydrogen (secondary N) is 1. The van der Waals surface area contributed by atoms with Crippen LogP contribution in [0.2, 0.25) is 5.02 Å². The zero-order valence-electron chi connectivity index (χ0n) is 12.5. The molecular weight excluding hydrogens is 303 g/mol. The lowest BCUT2D eigenvalue weighted by molar-refractivity contribution is -0.174. The fourth-order valence-corrected chi connectivity index (χ4v) is 2.42. The second-order valence-corrected chi connectivity index (χ2v) is 5.43. The van der Waals surface area contributed by atoms with Crippen LogP contribution in [0.4, 0.5) is 13.2 Å². The summed E-state index contributed by atoms with van der Waals surface area (Å²) in [5.74, 6) is 0. The first kappa shape index (κ1) is 18.3. The molecule has 0 aliphatic rings. The normalized spacial score (nSPS) is 13.5. The van der Waals surface area contributed by atoms with E-state index in [2.05, 4.69) is 10.1 Å². The first-order valence-corrected chi connectivity index (χ1v) is 7.27. The minimum atomic E-state index is -4.29. The summed E-state index contributed by atoms with van der Waals surface area (Å²) in [4.78, 5) is 0. The first-order chi connectivity index (χ1) is 9.74. The van der Waals surface area contributed by atoms with Crippen molar-refractivity contribution in [3.05, 3.63) is 33.8 Å². The first-order valence-electron chi connectivity index (χ1n) is 6.89. The summed E-state index contributed by atoms with van der Waals surface area (Å²) >= 11 is 6.26. The molecule has 21 heavy (non-hydrogen) atoms. The Morgan fingerprint density at radius 2 is 1.86 bits per heavy atom. The molecule has 1 atom stereocenters. The molecule has 0 aliphatic carbocycles. The number of hydrogen-bond acceptors (Lipinski definition) is 2. The minimum absolute atomic E-state index is 0.0282. The van der Waals surface area contributed by atoms with Gasteiger partial charge in [-0.1, -0.05) is 24.6 Å². The topological polar surface area (TPSA) is 21.3 Å². The molecule has 0 radical (unpaired) electrons. The number of rotatable bonds is 7. The Morgan fingerprint density at radius 3 is 2.43 bits per heavy atom. The van der Waals surface area contributed by atoms with E-state index in [1.807, 2.05) is 32.9 Å². The van der Waals surface area contributed by atoms with Crippen LogP contribution in [0.15, 0.2) is 12.1 Å². The average molecular weight is 324 g/mol. The molecular formula is C15H21ClF3NO. The van der Waals surface area contributed by atoms with E-state index in [0.29, 0.717) is 18.0 Å². The largest absolute Gasteiger partial charge is 0.411 e. The smallest absolute Gasteiger partial charge is 0.372 e. The van der Waals surface area contributed by atoms with E-state index in [9.17, 15) is 13.2 Å². The highest BCUT2D eigenvalue weighted by Crippen LogP contribution is 2.28. The maximum atomic E-state index is 12.1. The molecule has 1 aromatic rings. The van der Waals surface area contributed by atoms with Crippen molar-refractivity contribution in [1.29, 1.82) is 0 Å². The summed E-state index contributed by atoms with van der Waals surface area (Å²) in [6, 6.07) is 3.75. The number of halogens is 4. The van der Waals surface area contributed by atoms with Gasteiger partial charge in [-0.25, -0.2) is 0 Å². The molecule has 6 heteroatoms. The zero-order valence-corrected chi connectivity index (χ0v) is 13.2. The second kappa shape index (κ2) is 8.01. The molecule has 1 aromatic carbocycles. The van der Waals surface area contributed by atoms with E-state index in [4.69, 9.17) is 11.6 Å². The van der Waals surface area contributed by atoms with E-state index in [0.717, 1.165) is 16.7 Å². The van der Waals surface area contributed by atoms with Crippen LogP contribution < -0.4 is 5.32 Å². The van der Waals surface area contributed by atoms with Gasteiger partial charge >= 0.3 is 6.18 Å². The van der Waals surface area contributed by atoms with Gasteiger partial charge in [0.2, 0.25) is 0 Å².